The standard InChI is InChI=1S/C14H21FN2O2S/c1-11-2-3-13(15)10-14(11)17-20(18,19)9-6-12-4-7-16-8-5-12/h2-3,10,12,16-17H,4-9H2,1H3. The molecule has 2 N–H and O–H groups in total. The molecule has 0 spiro atoms. The lowest BCUT2D eigenvalue weighted by molar-refractivity contribution is 0.365. The molecule has 1 aliphatic heterocycles. The highest BCUT2D eigenvalue weighted by molar-refractivity contribution is 7.92. The van der Waals surface area contributed by atoms with Crippen LogP contribution in [0.1, 0.15) is 24.8 Å². The van der Waals surface area contributed by atoms with Crippen molar-refractivity contribution in [1.82, 2.24) is 5.32 Å². The normalized spacial score (nSPS) is 17.1. The van der Waals surface area contributed by atoms with E-state index in [0.29, 0.717) is 18.0 Å². The van der Waals surface area contributed by atoms with E-state index >= 15 is 0 Å². The number of anilines is 1. The van der Waals surface area contributed by atoms with Crippen LogP contribution in [0.15, 0.2) is 18.2 Å². The zero-order valence-electron chi connectivity index (χ0n) is 11.7. The third-order valence-electron chi connectivity index (χ3n) is 3.72. The van der Waals surface area contributed by atoms with Crippen LogP contribution >= 0.6 is 0 Å². The number of rotatable bonds is 5. The molecular formula is C14H21FN2O2S. The number of sulfonamides is 1. The van der Waals surface area contributed by atoms with E-state index in [4.69, 9.17) is 0 Å². The van der Waals surface area contributed by atoms with Gasteiger partial charge in [0, 0.05) is 0 Å². The number of benzene rings is 1. The number of piperidine rings is 1. The van der Waals surface area contributed by atoms with Crippen molar-refractivity contribution in [3.63, 3.8) is 0 Å². The lowest BCUT2D eigenvalue weighted by Gasteiger charge is -2.22. The van der Waals surface area contributed by atoms with Crippen LogP contribution in [-0.2, 0) is 10.0 Å². The Labute approximate surface area is 119 Å². The predicted molar refractivity (Wildman–Crippen MR) is 78.8 cm³/mol. The molecule has 0 radical (unpaired) electrons. The summed E-state index contributed by atoms with van der Waals surface area (Å²) in [7, 11) is -3.41. The van der Waals surface area contributed by atoms with Gasteiger partial charge in [-0.1, -0.05) is 6.07 Å². The number of aryl methyl sites for hydroxylation is 1. The largest absolute Gasteiger partial charge is 0.317 e. The highest BCUT2D eigenvalue weighted by atomic mass is 32.2. The first kappa shape index (κ1) is 15.3. The third-order valence-corrected chi connectivity index (χ3v) is 5.02. The molecule has 1 heterocycles. The molecule has 1 aromatic rings. The molecule has 20 heavy (non-hydrogen) atoms. The molecule has 1 aliphatic rings. The second kappa shape index (κ2) is 6.54. The van der Waals surface area contributed by atoms with Gasteiger partial charge >= 0.3 is 0 Å². The highest BCUT2D eigenvalue weighted by Gasteiger charge is 2.18. The van der Waals surface area contributed by atoms with Crippen LogP contribution in [0.2, 0.25) is 0 Å². The summed E-state index contributed by atoms with van der Waals surface area (Å²) < 4.78 is 39.8. The Bertz CT molecular complexity index is 554. The van der Waals surface area contributed by atoms with E-state index in [-0.39, 0.29) is 5.75 Å². The lowest BCUT2D eigenvalue weighted by atomic mass is 9.96. The van der Waals surface area contributed by atoms with Gasteiger partial charge in [0.15, 0.2) is 0 Å². The zero-order chi connectivity index (χ0) is 14.6. The van der Waals surface area contributed by atoms with E-state index < -0.39 is 15.8 Å². The fraction of sp³-hybridized carbons (Fsp3) is 0.571. The first-order valence-corrected chi connectivity index (χ1v) is 8.59. The number of halogens is 1. The van der Waals surface area contributed by atoms with Gasteiger partial charge in [0.25, 0.3) is 0 Å². The summed E-state index contributed by atoms with van der Waals surface area (Å²) in [6.07, 6.45) is 2.70. The molecule has 1 saturated heterocycles. The quantitative estimate of drug-likeness (QED) is 0.877. The van der Waals surface area contributed by atoms with E-state index in [2.05, 4.69) is 10.0 Å². The van der Waals surface area contributed by atoms with Crippen LogP contribution < -0.4 is 10.0 Å². The van der Waals surface area contributed by atoms with Gasteiger partial charge in [-0.3, -0.25) is 4.72 Å². The second-order valence-electron chi connectivity index (χ2n) is 5.36. The van der Waals surface area contributed by atoms with Gasteiger partial charge in [0.1, 0.15) is 5.82 Å². The van der Waals surface area contributed by atoms with Gasteiger partial charge in [-0.05, 0) is 62.9 Å². The van der Waals surface area contributed by atoms with Crippen molar-refractivity contribution in [3.05, 3.63) is 29.6 Å². The van der Waals surface area contributed by atoms with Crippen LogP contribution in [0.4, 0.5) is 10.1 Å². The smallest absolute Gasteiger partial charge is 0.232 e. The summed E-state index contributed by atoms with van der Waals surface area (Å²) in [5.41, 5.74) is 1.05. The first-order valence-electron chi connectivity index (χ1n) is 6.94. The Balaban J connectivity index is 1.94. The summed E-state index contributed by atoms with van der Waals surface area (Å²) in [4.78, 5) is 0. The fourth-order valence-electron chi connectivity index (χ4n) is 2.41. The minimum absolute atomic E-state index is 0.0909. The molecule has 0 unspecified atom stereocenters. The molecule has 0 atom stereocenters. The van der Waals surface area contributed by atoms with Crippen LogP contribution in [0.5, 0.6) is 0 Å². The van der Waals surface area contributed by atoms with Crippen LogP contribution in [0, 0.1) is 18.7 Å². The maximum atomic E-state index is 13.2. The minimum Gasteiger partial charge on any atom is -0.317 e. The van der Waals surface area contributed by atoms with E-state index in [0.717, 1.165) is 31.5 Å². The summed E-state index contributed by atoms with van der Waals surface area (Å²) in [5, 5.41) is 3.26. The topological polar surface area (TPSA) is 58.2 Å². The van der Waals surface area contributed by atoms with Gasteiger partial charge in [-0.15, -0.1) is 0 Å². The molecule has 6 heteroatoms. The molecule has 112 valence electrons. The Kier molecular flexibility index (Phi) is 4.99. The number of hydrogen-bond donors (Lipinski definition) is 2. The average Bonchev–Trinajstić information content (AvgIpc) is 2.42. The maximum Gasteiger partial charge on any atom is 0.232 e. The Morgan fingerprint density at radius 3 is 2.75 bits per heavy atom. The molecule has 0 amide bonds. The van der Waals surface area contributed by atoms with Gasteiger partial charge in [-0.2, -0.15) is 0 Å². The maximum absolute atomic E-state index is 13.2. The lowest BCUT2D eigenvalue weighted by Crippen LogP contribution is -2.29. The van der Waals surface area contributed by atoms with E-state index in [1.54, 1.807) is 13.0 Å². The summed E-state index contributed by atoms with van der Waals surface area (Å²) in [6.45, 7) is 3.67. The van der Waals surface area contributed by atoms with E-state index in [9.17, 15) is 12.8 Å². The molecule has 0 aliphatic carbocycles. The Morgan fingerprint density at radius 2 is 2.05 bits per heavy atom. The van der Waals surface area contributed by atoms with Crippen molar-refractivity contribution < 1.29 is 12.8 Å². The predicted octanol–water partition coefficient (Wildman–Crippen LogP) is 2.27. The third kappa shape index (κ3) is 4.45. The molecular weight excluding hydrogens is 279 g/mol. The molecule has 4 nitrogen and oxygen atoms in total. The Hall–Kier alpha value is -1.14. The average molecular weight is 300 g/mol. The summed E-state index contributed by atoms with van der Waals surface area (Å²) in [6, 6.07) is 4.11. The van der Waals surface area contributed by atoms with Crippen molar-refractivity contribution >= 4 is 15.7 Å². The van der Waals surface area contributed by atoms with Crippen molar-refractivity contribution in [2.45, 2.75) is 26.2 Å². The molecule has 2 rings (SSSR count). The van der Waals surface area contributed by atoms with Gasteiger partial charge in [0.05, 0.1) is 11.4 Å². The minimum atomic E-state index is -3.41. The summed E-state index contributed by atoms with van der Waals surface area (Å²) in [5.74, 6) is 0.112. The monoisotopic (exact) mass is 300 g/mol. The first-order chi connectivity index (χ1) is 9.46. The van der Waals surface area contributed by atoms with E-state index in [1.165, 1.54) is 12.1 Å². The van der Waals surface area contributed by atoms with Crippen LogP contribution in [0.25, 0.3) is 0 Å². The second-order valence-corrected chi connectivity index (χ2v) is 7.20. The molecule has 0 aromatic heterocycles. The van der Waals surface area contributed by atoms with Crippen LogP contribution in [-0.4, -0.2) is 27.3 Å². The van der Waals surface area contributed by atoms with Crippen molar-refractivity contribution in [2.75, 3.05) is 23.6 Å². The van der Waals surface area contributed by atoms with Crippen molar-refractivity contribution in [2.24, 2.45) is 5.92 Å². The van der Waals surface area contributed by atoms with Crippen LogP contribution in [0.3, 0.4) is 0 Å². The fourth-order valence-corrected chi connectivity index (χ4v) is 3.72. The zero-order valence-corrected chi connectivity index (χ0v) is 12.5. The molecule has 1 fully saturated rings. The Morgan fingerprint density at radius 1 is 1.35 bits per heavy atom. The van der Waals surface area contributed by atoms with Crippen molar-refractivity contribution in [3.8, 4) is 0 Å². The SMILES string of the molecule is Cc1ccc(F)cc1NS(=O)(=O)CCC1CCNCC1. The highest BCUT2D eigenvalue weighted by Crippen LogP contribution is 2.20. The summed E-state index contributed by atoms with van der Waals surface area (Å²) >= 11 is 0. The molecule has 0 saturated carbocycles. The van der Waals surface area contributed by atoms with Crippen molar-refractivity contribution in [1.29, 1.82) is 0 Å². The molecule has 0 bridgehead atoms. The number of nitrogens with one attached hydrogen (secondary N) is 2. The molecule has 1 aromatic carbocycles. The van der Waals surface area contributed by atoms with Gasteiger partial charge in [-0.25, -0.2) is 12.8 Å². The van der Waals surface area contributed by atoms with E-state index in [1.807, 2.05) is 0 Å². The number of hydrogen-bond acceptors (Lipinski definition) is 3. The van der Waals surface area contributed by atoms with Gasteiger partial charge < -0.3 is 5.32 Å². The van der Waals surface area contributed by atoms with Gasteiger partial charge in [0.2, 0.25) is 10.0 Å².